The SMILES string of the molecule is C=CC(=O)OCCCC(O)C(O)CCCOc1ccc2cc(-c3ccc(CCCCC)cc3C)n(C)c2c1. The molecule has 0 amide bonds. The average molecular weight is 522 g/mol. The van der Waals surface area contributed by atoms with Gasteiger partial charge < -0.3 is 24.3 Å². The second kappa shape index (κ2) is 14.7. The summed E-state index contributed by atoms with van der Waals surface area (Å²) in [6.07, 6.45) is 6.17. The highest BCUT2D eigenvalue weighted by molar-refractivity contribution is 5.88. The third-order valence-electron chi connectivity index (χ3n) is 7.06. The number of ether oxygens (including phenoxy) is 2. The number of nitrogens with zero attached hydrogens (tertiary/aromatic N) is 1. The Balaban J connectivity index is 1.52. The van der Waals surface area contributed by atoms with Crippen LogP contribution >= 0.6 is 0 Å². The summed E-state index contributed by atoms with van der Waals surface area (Å²) in [5, 5.41) is 21.5. The van der Waals surface area contributed by atoms with Crippen molar-refractivity contribution in [3.8, 4) is 17.0 Å². The summed E-state index contributed by atoms with van der Waals surface area (Å²) in [4.78, 5) is 11.0. The number of benzene rings is 2. The standard InChI is InChI=1S/C32H43NO5/c1-5-7-8-11-24-14-17-27(23(3)20-24)29-21-25-15-16-26(22-28(25)33(29)4)37-18-9-12-30(34)31(35)13-10-19-38-32(36)6-2/h6,14-17,20-22,30-31,34-35H,2,5,7-13,18-19H2,1,3-4H3. The lowest BCUT2D eigenvalue weighted by Crippen LogP contribution is -2.26. The summed E-state index contributed by atoms with van der Waals surface area (Å²) < 4.78 is 13.1. The van der Waals surface area contributed by atoms with Gasteiger partial charge >= 0.3 is 5.97 Å². The average Bonchev–Trinajstić information content (AvgIpc) is 3.24. The van der Waals surface area contributed by atoms with E-state index in [0.717, 1.165) is 23.8 Å². The third-order valence-corrected chi connectivity index (χ3v) is 7.06. The molecule has 2 N–H and O–H groups in total. The summed E-state index contributed by atoms with van der Waals surface area (Å²) in [5.74, 6) is 0.302. The van der Waals surface area contributed by atoms with E-state index < -0.39 is 18.2 Å². The Morgan fingerprint density at radius 2 is 1.74 bits per heavy atom. The number of aromatic nitrogens is 1. The van der Waals surface area contributed by atoms with Crippen molar-refractivity contribution in [1.82, 2.24) is 4.57 Å². The molecular weight excluding hydrogens is 478 g/mol. The molecule has 0 saturated heterocycles. The quantitative estimate of drug-likeness (QED) is 0.132. The molecule has 1 aromatic heterocycles. The zero-order valence-electron chi connectivity index (χ0n) is 23.1. The zero-order chi connectivity index (χ0) is 27.5. The molecule has 0 fully saturated rings. The molecule has 6 heteroatoms. The van der Waals surface area contributed by atoms with Crippen molar-refractivity contribution < 1.29 is 24.5 Å². The number of hydrogen-bond acceptors (Lipinski definition) is 5. The number of aliphatic hydroxyl groups is 2. The fourth-order valence-corrected chi connectivity index (χ4v) is 4.80. The van der Waals surface area contributed by atoms with Gasteiger partial charge in [0.25, 0.3) is 0 Å². The van der Waals surface area contributed by atoms with Gasteiger partial charge in [-0.25, -0.2) is 4.79 Å². The fraction of sp³-hybridized carbons (Fsp3) is 0.469. The van der Waals surface area contributed by atoms with E-state index in [1.807, 2.05) is 6.07 Å². The van der Waals surface area contributed by atoms with Crippen LogP contribution in [0.25, 0.3) is 22.2 Å². The molecule has 3 aromatic rings. The monoisotopic (exact) mass is 521 g/mol. The minimum atomic E-state index is -0.857. The predicted molar refractivity (Wildman–Crippen MR) is 153 cm³/mol. The van der Waals surface area contributed by atoms with Gasteiger partial charge in [0.2, 0.25) is 0 Å². The molecule has 0 radical (unpaired) electrons. The first-order chi connectivity index (χ1) is 18.3. The van der Waals surface area contributed by atoms with Gasteiger partial charge in [0.1, 0.15) is 5.75 Å². The van der Waals surface area contributed by atoms with Crippen LogP contribution in [0.15, 0.2) is 55.1 Å². The van der Waals surface area contributed by atoms with Crippen LogP contribution in [0.5, 0.6) is 5.75 Å². The van der Waals surface area contributed by atoms with Crippen LogP contribution in [0.3, 0.4) is 0 Å². The Labute approximate surface area is 226 Å². The Hall–Kier alpha value is -3.09. The topological polar surface area (TPSA) is 80.9 Å². The molecule has 0 bridgehead atoms. The summed E-state index contributed by atoms with van der Waals surface area (Å²) in [5.41, 5.74) is 6.24. The summed E-state index contributed by atoms with van der Waals surface area (Å²) >= 11 is 0. The lowest BCUT2D eigenvalue weighted by molar-refractivity contribution is -0.138. The minimum Gasteiger partial charge on any atom is -0.494 e. The van der Waals surface area contributed by atoms with Gasteiger partial charge in [-0.1, -0.05) is 44.5 Å². The van der Waals surface area contributed by atoms with Crippen molar-refractivity contribution in [3.05, 3.63) is 66.2 Å². The number of hydrogen-bond donors (Lipinski definition) is 2. The second-order valence-electron chi connectivity index (χ2n) is 10.1. The number of carbonyl (C=O) groups is 1. The number of fused-ring (bicyclic) bond motifs is 1. The highest BCUT2D eigenvalue weighted by atomic mass is 16.5. The molecule has 0 aliphatic rings. The van der Waals surface area contributed by atoms with E-state index in [1.165, 1.54) is 47.0 Å². The Morgan fingerprint density at radius 3 is 2.42 bits per heavy atom. The number of carbonyl (C=O) groups excluding carboxylic acids is 1. The van der Waals surface area contributed by atoms with Crippen LogP contribution in [0, 0.1) is 6.92 Å². The Kier molecular flexibility index (Phi) is 11.4. The molecule has 1 heterocycles. The van der Waals surface area contributed by atoms with Gasteiger partial charge in [-0.15, -0.1) is 0 Å². The van der Waals surface area contributed by atoms with Crippen molar-refractivity contribution in [2.75, 3.05) is 13.2 Å². The first-order valence-electron chi connectivity index (χ1n) is 13.8. The molecule has 3 rings (SSSR count). The van der Waals surface area contributed by atoms with E-state index >= 15 is 0 Å². The highest BCUT2D eigenvalue weighted by Gasteiger charge is 2.16. The number of esters is 1. The van der Waals surface area contributed by atoms with Crippen LogP contribution in [-0.2, 0) is 23.0 Å². The molecule has 38 heavy (non-hydrogen) atoms. The Morgan fingerprint density at radius 1 is 1.00 bits per heavy atom. The summed E-state index contributed by atoms with van der Waals surface area (Å²) in [6, 6.07) is 15.2. The van der Waals surface area contributed by atoms with Crippen LogP contribution in [0.2, 0.25) is 0 Å². The molecule has 6 nitrogen and oxygen atoms in total. The van der Waals surface area contributed by atoms with Crippen molar-refractivity contribution in [2.24, 2.45) is 7.05 Å². The maximum absolute atomic E-state index is 11.0. The van der Waals surface area contributed by atoms with E-state index in [0.29, 0.717) is 32.3 Å². The number of unbranched alkanes of at least 4 members (excludes halogenated alkanes) is 2. The molecular formula is C32H43NO5. The Bertz CT molecular complexity index is 1200. The van der Waals surface area contributed by atoms with E-state index in [2.05, 4.69) is 68.4 Å². The van der Waals surface area contributed by atoms with E-state index in [9.17, 15) is 15.0 Å². The molecule has 206 valence electrons. The van der Waals surface area contributed by atoms with Crippen LogP contribution < -0.4 is 4.74 Å². The normalized spacial score (nSPS) is 12.9. The maximum atomic E-state index is 11.0. The molecule has 0 aliphatic carbocycles. The van der Waals surface area contributed by atoms with Gasteiger partial charge in [-0.2, -0.15) is 0 Å². The smallest absolute Gasteiger partial charge is 0.330 e. The number of rotatable bonds is 16. The number of aliphatic hydroxyl groups excluding tert-OH is 2. The molecule has 0 saturated carbocycles. The third kappa shape index (κ3) is 8.20. The second-order valence-corrected chi connectivity index (χ2v) is 10.1. The predicted octanol–water partition coefficient (Wildman–Crippen LogP) is 6.28. The van der Waals surface area contributed by atoms with Gasteiger partial charge in [-0.05, 0) is 74.8 Å². The number of aryl methyl sites for hydroxylation is 3. The molecule has 2 aromatic carbocycles. The lowest BCUT2D eigenvalue weighted by Gasteiger charge is -2.17. The molecule has 2 atom stereocenters. The van der Waals surface area contributed by atoms with E-state index in [-0.39, 0.29) is 6.61 Å². The first-order valence-corrected chi connectivity index (χ1v) is 13.8. The van der Waals surface area contributed by atoms with Crippen molar-refractivity contribution in [3.63, 3.8) is 0 Å². The summed E-state index contributed by atoms with van der Waals surface area (Å²) in [6.45, 7) is 8.41. The first kappa shape index (κ1) is 29.5. The fourth-order valence-electron chi connectivity index (χ4n) is 4.80. The van der Waals surface area contributed by atoms with Crippen LogP contribution in [0.4, 0.5) is 0 Å². The minimum absolute atomic E-state index is 0.199. The van der Waals surface area contributed by atoms with Gasteiger partial charge in [0.15, 0.2) is 0 Å². The van der Waals surface area contributed by atoms with Gasteiger partial charge in [0, 0.05) is 35.8 Å². The highest BCUT2D eigenvalue weighted by Crippen LogP contribution is 2.32. The van der Waals surface area contributed by atoms with Crippen molar-refractivity contribution in [2.45, 2.75) is 77.4 Å². The van der Waals surface area contributed by atoms with Crippen molar-refractivity contribution >= 4 is 16.9 Å². The zero-order valence-corrected chi connectivity index (χ0v) is 23.1. The van der Waals surface area contributed by atoms with E-state index in [4.69, 9.17) is 9.47 Å². The molecule has 0 spiro atoms. The van der Waals surface area contributed by atoms with Crippen LogP contribution in [0.1, 0.15) is 63.0 Å². The van der Waals surface area contributed by atoms with Crippen LogP contribution in [-0.4, -0.2) is 46.2 Å². The van der Waals surface area contributed by atoms with Crippen molar-refractivity contribution in [1.29, 1.82) is 0 Å². The molecule has 0 aliphatic heterocycles. The molecule has 2 unspecified atom stereocenters. The lowest BCUT2D eigenvalue weighted by atomic mass is 9.99. The van der Waals surface area contributed by atoms with E-state index in [1.54, 1.807) is 0 Å². The largest absolute Gasteiger partial charge is 0.494 e. The van der Waals surface area contributed by atoms with Gasteiger partial charge in [-0.3, -0.25) is 0 Å². The van der Waals surface area contributed by atoms with Gasteiger partial charge in [0.05, 0.1) is 30.9 Å². The maximum Gasteiger partial charge on any atom is 0.330 e. The summed E-state index contributed by atoms with van der Waals surface area (Å²) in [7, 11) is 2.09.